The topological polar surface area (TPSA) is 12.0 Å². The second kappa shape index (κ2) is 4.10. The Morgan fingerprint density at radius 3 is 2.62 bits per heavy atom. The Hall–Kier alpha value is 0.180. The molecule has 1 N–H and O–H groups in total. The maximum Gasteiger partial charge on any atom is 0.105 e. The summed E-state index contributed by atoms with van der Waals surface area (Å²) < 4.78 is 11.6. The average molecular weight is 140 g/mol. The van der Waals surface area contributed by atoms with Crippen LogP contribution < -0.4 is 5.32 Å². The molecular weight excluding hydrogens is 129 g/mol. The summed E-state index contributed by atoms with van der Waals surface area (Å²) in [5.41, 5.74) is 0. The van der Waals surface area contributed by atoms with Crippen molar-refractivity contribution in [1.29, 1.82) is 0 Å². The lowest BCUT2D eigenvalue weighted by Crippen LogP contribution is -2.22. The van der Waals surface area contributed by atoms with Crippen molar-refractivity contribution in [2.45, 2.75) is 18.9 Å². The van der Waals surface area contributed by atoms with Gasteiger partial charge in [-0.25, -0.2) is 4.39 Å². The van der Waals surface area contributed by atoms with E-state index in [1.54, 1.807) is 0 Å². The van der Waals surface area contributed by atoms with Crippen molar-refractivity contribution in [3.63, 3.8) is 0 Å². The van der Waals surface area contributed by atoms with Crippen molar-refractivity contribution in [1.82, 2.24) is 5.32 Å². The second-order valence-corrected chi connectivity index (χ2v) is 1.95. The molecule has 0 aliphatic carbocycles. The van der Waals surface area contributed by atoms with E-state index in [1.165, 1.54) is 0 Å². The van der Waals surface area contributed by atoms with Gasteiger partial charge in [-0.1, -0.05) is 0 Å². The number of hydrogen-bond acceptors (Lipinski definition) is 1. The summed E-state index contributed by atoms with van der Waals surface area (Å²) in [5, 5.41) is 3.03. The van der Waals surface area contributed by atoms with Gasteiger partial charge in [0.05, 0.1) is 0 Å². The van der Waals surface area contributed by atoms with E-state index in [2.05, 4.69) is 5.32 Å². The van der Waals surface area contributed by atoms with Gasteiger partial charge in [0.15, 0.2) is 0 Å². The van der Waals surface area contributed by atoms with Crippen molar-refractivity contribution in [3.8, 4) is 0 Å². The highest BCUT2D eigenvalue weighted by Crippen LogP contribution is 2.03. The molecule has 0 radical (unpaired) electrons. The van der Waals surface area contributed by atoms with Gasteiger partial charge in [-0.3, -0.25) is 0 Å². The largest absolute Gasteiger partial charge is 0.311 e. The molecule has 1 aliphatic heterocycles. The lowest BCUT2D eigenvalue weighted by Gasteiger charge is -1.99. The fourth-order valence-corrected chi connectivity index (χ4v) is 0.888. The highest BCUT2D eigenvalue weighted by molar-refractivity contribution is 5.85. The third kappa shape index (κ3) is 1.97. The van der Waals surface area contributed by atoms with Crippen molar-refractivity contribution >= 4 is 12.4 Å². The molecule has 1 heterocycles. The molecule has 0 saturated carbocycles. The molecule has 1 rings (SSSR count). The molecule has 0 unspecified atom stereocenters. The molecule has 1 atom stereocenters. The van der Waals surface area contributed by atoms with Gasteiger partial charge in [-0.05, 0) is 19.4 Å². The molecule has 8 heavy (non-hydrogen) atoms. The standard InChI is InChI=1S/C5H10FN.ClH/c6-4-5-2-1-3-7-5;/h5,7H,1-4H2;1H/t5-;/m0./s1. The minimum Gasteiger partial charge on any atom is -0.311 e. The number of halogens is 2. The SMILES string of the molecule is Cl.FC[C@@H]1CCCN1. The fourth-order valence-electron chi connectivity index (χ4n) is 0.888. The zero-order chi connectivity index (χ0) is 5.11. The molecule has 50 valence electrons. The van der Waals surface area contributed by atoms with Crippen LogP contribution in [-0.2, 0) is 0 Å². The fraction of sp³-hybridized carbons (Fsp3) is 1.00. The summed E-state index contributed by atoms with van der Waals surface area (Å²) in [6.07, 6.45) is 2.17. The Bertz CT molecular complexity index is 54.4. The molecule has 0 amide bonds. The van der Waals surface area contributed by atoms with E-state index in [4.69, 9.17) is 0 Å². The quantitative estimate of drug-likeness (QED) is 0.575. The van der Waals surface area contributed by atoms with Crippen LogP contribution in [0.3, 0.4) is 0 Å². The number of nitrogens with one attached hydrogen (secondary N) is 1. The normalized spacial score (nSPS) is 27.4. The third-order valence-electron chi connectivity index (χ3n) is 1.35. The lowest BCUT2D eigenvalue weighted by molar-refractivity contribution is 0.406. The van der Waals surface area contributed by atoms with Crippen LogP contribution in [0.15, 0.2) is 0 Å². The Morgan fingerprint density at radius 2 is 2.38 bits per heavy atom. The molecular formula is C5H11ClFN. The molecule has 0 aromatic rings. The van der Waals surface area contributed by atoms with Crippen LogP contribution in [-0.4, -0.2) is 19.3 Å². The van der Waals surface area contributed by atoms with Gasteiger partial charge in [0.25, 0.3) is 0 Å². The molecule has 0 bridgehead atoms. The number of alkyl halides is 1. The zero-order valence-electron chi connectivity index (χ0n) is 4.69. The molecule has 0 aromatic carbocycles. The van der Waals surface area contributed by atoms with E-state index in [-0.39, 0.29) is 25.1 Å². The van der Waals surface area contributed by atoms with Crippen molar-refractivity contribution in [2.24, 2.45) is 0 Å². The van der Waals surface area contributed by atoms with Crippen molar-refractivity contribution in [2.75, 3.05) is 13.2 Å². The van der Waals surface area contributed by atoms with E-state index in [0.29, 0.717) is 0 Å². The smallest absolute Gasteiger partial charge is 0.105 e. The van der Waals surface area contributed by atoms with Crippen LogP contribution >= 0.6 is 12.4 Å². The molecule has 0 aromatic heterocycles. The molecule has 1 fully saturated rings. The van der Waals surface area contributed by atoms with E-state index in [9.17, 15) is 4.39 Å². The second-order valence-electron chi connectivity index (χ2n) is 1.95. The molecule has 1 aliphatic rings. The van der Waals surface area contributed by atoms with Crippen LogP contribution in [0.25, 0.3) is 0 Å². The summed E-state index contributed by atoms with van der Waals surface area (Å²) in [6.45, 7) is 0.814. The molecule has 1 saturated heterocycles. The Balaban J connectivity index is 0.000000490. The van der Waals surface area contributed by atoms with Crippen LogP contribution in [0.1, 0.15) is 12.8 Å². The minimum atomic E-state index is -0.194. The summed E-state index contributed by atoms with van der Waals surface area (Å²) in [7, 11) is 0. The van der Waals surface area contributed by atoms with Gasteiger partial charge in [0.1, 0.15) is 6.67 Å². The van der Waals surface area contributed by atoms with Crippen molar-refractivity contribution < 1.29 is 4.39 Å². The van der Waals surface area contributed by atoms with Gasteiger partial charge in [-0.15, -0.1) is 12.4 Å². The van der Waals surface area contributed by atoms with E-state index in [1.807, 2.05) is 0 Å². The highest BCUT2D eigenvalue weighted by atomic mass is 35.5. The highest BCUT2D eigenvalue weighted by Gasteiger charge is 2.11. The van der Waals surface area contributed by atoms with Gasteiger partial charge in [0, 0.05) is 6.04 Å². The summed E-state index contributed by atoms with van der Waals surface area (Å²) in [4.78, 5) is 0. The minimum absolute atomic E-state index is 0. The van der Waals surface area contributed by atoms with Gasteiger partial charge < -0.3 is 5.32 Å². The lowest BCUT2D eigenvalue weighted by atomic mass is 10.2. The zero-order valence-corrected chi connectivity index (χ0v) is 5.51. The van der Waals surface area contributed by atoms with Gasteiger partial charge >= 0.3 is 0 Å². The Labute approximate surface area is 55.1 Å². The van der Waals surface area contributed by atoms with Crippen LogP contribution in [0, 0.1) is 0 Å². The molecule has 0 spiro atoms. The Kier molecular flexibility index (Phi) is 4.19. The van der Waals surface area contributed by atoms with Gasteiger partial charge in [0.2, 0.25) is 0 Å². The average Bonchev–Trinajstić information content (AvgIpc) is 2.14. The Morgan fingerprint density at radius 1 is 1.62 bits per heavy atom. The first kappa shape index (κ1) is 8.18. The summed E-state index contributed by atoms with van der Waals surface area (Å²) >= 11 is 0. The molecule has 1 nitrogen and oxygen atoms in total. The van der Waals surface area contributed by atoms with E-state index >= 15 is 0 Å². The first-order chi connectivity index (χ1) is 3.43. The first-order valence-electron chi connectivity index (χ1n) is 2.73. The van der Waals surface area contributed by atoms with Gasteiger partial charge in [-0.2, -0.15) is 0 Å². The summed E-state index contributed by atoms with van der Waals surface area (Å²) in [5.74, 6) is 0. The number of hydrogen-bond donors (Lipinski definition) is 1. The van der Waals surface area contributed by atoms with E-state index in [0.717, 1.165) is 19.4 Å². The monoisotopic (exact) mass is 139 g/mol. The van der Waals surface area contributed by atoms with E-state index < -0.39 is 0 Å². The first-order valence-corrected chi connectivity index (χ1v) is 2.73. The molecule has 3 heteroatoms. The van der Waals surface area contributed by atoms with Crippen LogP contribution in [0.5, 0.6) is 0 Å². The maximum atomic E-state index is 11.6. The summed E-state index contributed by atoms with van der Waals surface area (Å²) in [6, 6.07) is 0.181. The predicted octanol–water partition coefficient (Wildman–Crippen LogP) is 1.13. The van der Waals surface area contributed by atoms with Crippen LogP contribution in [0.4, 0.5) is 4.39 Å². The third-order valence-corrected chi connectivity index (χ3v) is 1.35. The number of rotatable bonds is 1. The van der Waals surface area contributed by atoms with Crippen molar-refractivity contribution in [3.05, 3.63) is 0 Å². The maximum absolute atomic E-state index is 11.6. The van der Waals surface area contributed by atoms with Crippen LogP contribution in [0.2, 0.25) is 0 Å². The predicted molar refractivity (Wildman–Crippen MR) is 34.2 cm³/mol.